The Kier molecular flexibility index (Phi) is 5.03. The Balaban J connectivity index is 1.61. The van der Waals surface area contributed by atoms with E-state index in [-0.39, 0.29) is 17.6 Å². The Morgan fingerprint density at radius 1 is 1.33 bits per heavy atom. The molecule has 2 fully saturated rings. The summed E-state index contributed by atoms with van der Waals surface area (Å²) in [6.07, 6.45) is 1.75. The number of fused-ring (bicyclic) bond motifs is 1. The number of amides is 1. The van der Waals surface area contributed by atoms with E-state index in [0.29, 0.717) is 35.5 Å². The maximum atomic E-state index is 12.3. The van der Waals surface area contributed by atoms with Crippen molar-refractivity contribution < 1.29 is 17.9 Å². The van der Waals surface area contributed by atoms with Gasteiger partial charge in [0.1, 0.15) is 6.61 Å². The molecule has 0 bridgehead atoms. The summed E-state index contributed by atoms with van der Waals surface area (Å²) in [4.78, 5) is 14.1. The van der Waals surface area contributed by atoms with Crippen LogP contribution in [0.15, 0.2) is 23.1 Å². The Morgan fingerprint density at radius 2 is 2.08 bits per heavy atom. The first-order valence-corrected chi connectivity index (χ1v) is 10.2. The van der Waals surface area contributed by atoms with Crippen molar-refractivity contribution in [3.63, 3.8) is 0 Å². The van der Waals surface area contributed by atoms with Crippen molar-refractivity contribution in [2.24, 2.45) is 11.8 Å². The Hall–Kier alpha value is -1.31. The van der Waals surface area contributed by atoms with Crippen molar-refractivity contribution in [2.75, 3.05) is 32.4 Å². The number of carbonyl (C=O) groups excluding carboxylic acids is 1. The molecule has 0 radical (unpaired) electrons. The number of halogens is 1. The molecule has 0 saturated carbocycles. The van der Waals surface area contributed by atoms with Crippen molar-refractivity contribution >= 4 is 27.5 Å². The molecule has 2 saturated heterocycles. The summed E-state index contributed by atoms with van der Waals surface area (Å²) in [7, 11) is -3.36. The van der Waals surface area contributed by atoms with Gasteiger partial charge in [-0.3, -0.25) is 0 Å². The highest BCUT2D eigenvalue weighted by Gasteiger charge is 2.34. The molecule has 2 heterocycles. The summed E-state index contributed by atoms with van der Waals surface area (Å²) in [5.41, 5.74) is 0.564. The van der Waals surface area contributed by atoms with Crippen molar-refractivity contribution in [1.29, 1.82) is 0 Å². The van der Waals surface area contributed by atoms with E-state index in [4.69, 9.17) is 16.3 Å². The molecule has 0 aliphatic carbocycles. The van der Waals surface area contributed by atoms with E-state index < -0.39 is 9.84 Å². The van der Waals surface area contributed by atoms with Crippen LogP contribution in [0, 0.1) is 11.8 Å². The third-order valence-electron chi connectivity index (χ3n) is 4.68. The first-order chi connectivity index (χ1) is 11.3. The average Bonchev–Trinajstić information content (AvgIpc) is 2.98. The second kappa shape index (κ2) is 6.90. The molecule has 0 aromatic heterocycles. The van der Waals surface area contributed by atoms with E-state index in [1.807, 2.05) is 0 Å². The lowest BCUT2D eigenvalue weighted by molar-refractivity contribution is 0.0730. The van der Waals surface area contributed by atoms with Crippen molar-refractivity contribution in [2.45, 2.75) is 17.9 Å². The monoisotopic (exact) mass is 372 g/mol. The number of hydrogen-bond acceptors (Lipinski definition) is 5. The van der Waals surface area contributed by atoms with Gasteiger partial charge in [0.25, 0.3) is 0 Å². The van der Waals surface area contributed by atoms with Gasteiger partial charge in [0.15, 0.2) is 9.84 Å². The van der Waals surface area contributed by atoms with Crippen LogP contribution in [-0.2, 0) is 21.2 Å². The minimum atomic E-state index is -3.36. The number of benzene rings is 1. The lowest BCUT2D eigenvalue weighted by atomic mass is 9.89. The quantitative estimate of drug-likeness (QED) is 0.877. The van der Waals surface area contributed by atoms with Crippen LogP contribution in [0.4, 0.5) is 4.79 Å². The van der Waals surface area contributed by atoms with Gasteiger partial charge < -0.3 is 15.0 Å². The van der Waals surface area contributed by atoms with Gasteiger partial charge in [-0.05, 0) is 55.1 Å². The van der Waals surface area contributed by atoms with Gasteiger partial charge in [-0.15, -0.1) is 0 Å². The molecular formula is C16H21ClN2O4S. The lowest BCUT2D eigenvalue weighted by Gasteiger charge is -2.33. The largest absolute Gasteiger partial charge is 0.445 e. The van der Waals surface area contributed by atoms with E-state index >= 15 is 0 Å². The number of likely N-dealkylation sites (tertiary alicyclic amines) is 1. The SMILES string of the molecule is CS(=O)(=O)c1cc(Cl)cc(COC(=O)N2CC[C@@H]3CNC[C@H]3C2)c1. The molecule has 0 spiro atoms. The maximum absolute atomic E-state index is 12.3. The van der Waals surface area contributed by atoms with Crippen molar-refractivity contribution in [1.82, 2.24) is 10.2 Å². The predicted molar refractivity (Wildman–Crippen MR) is 90.8 cm³/mol. The second-order valence-corrected chi connectivity index (χ2v) is 8.99. The third kappa shape index (κ3) is 4.02. The fraction of sp³-hybridized carbons (Fsp3) is 0.562. The molecule has 2 aliphatic rings. The molecule has 1 N–H and O–H groups in total. The Morgan fingerprint density at radius 3 is 2.83 bits per heavy atom. The normalized spacial score (nSPS) is 23.8. The zero-order chi connectivity index (χ0) is 17.3. The van der Waals surface area contributed by atoms with Crippen molar-refractivity contribution in [3.05, 3.63) is 28.8 Å². The predicted octanol–water partition coefficient (Wildman–Crippen LogP) is 1.92. The van der Waals surface area contributed by atoms with Crippen LogP contribution >= 0.6 is 11.6 Å². The number of carbonyl (C=O) groups is 1. The lowest BCUT2D eigenvalue weighted by Crippen LogP contribution is -2.43. The molecule has 2 aliphatic heterocycles. The molecule has 3 rings (SSSR count). The standard InChI is InChI=1S/C16H21ClN2O4S/c1-24(21,22)15-5-11(4-14(17)6-15)10-23-16(20)19-3-2-12-7-18-8-13(12)9-19/h4-6,12-13,18H,2-3,7-10H2,1H3/t12-,13+/m1/s1. The van der Waals surface area contributed by atoms with Gasteiger partial charge in [-0.2, -0.15) is 0 Å². The Bertz CT molecular complexity index is 738. The number of hydrogen-bond donors (Lipinski definition) is 1. The van der Waals surface area contributed by atoms with Gasteiger partial charge in [-0.25, -0.2) is 13.2 Å². The number of piperidine rings is 1. The minimum Gasteiger partial charge on any atom is -0.445 e. The summed E-state index contributed by atoms with van der Waals surface area (Å²) in [5, 5.41) is 3.67. The molecule has 1 aromatic rings. The molecular weight excluding hydrogens is 352 g/mol. The summed E-state index contributed by atoms with van der Waals surface area (Å²) in [5.74, 6) is 1.15. The molecule has 1 amide bonds. The molecule has 8 heteroatoms. The summed E-state index contributed by atoms with van der Waals surface area (Å²) in [6, 6.07) is 4.48. The summed E-state index contributed by atoms with van der Waals surface area (Å²) >= 11 is 5.96. The molecule has 6 nitrogen and oxygen atoms in total. The second-order valence-electron chi connectivity index (χ2n) is 6.54. The number of nitrogens with one attached hydrogen (secondary N) is 1. The molecule has 24 heavy (non-hydrogen) atoms. The minimum absolute atomic E-state index is 0.00472. The summed E-state index contributed by atoms with van der Waals surface area (Å²) in [6.45, 7) is 3.39. The van der Waals surface area contributed by atoms with Crippen molar-refractivity contribution in [3.8, 4) is 0 Å². The number of sulfone groups is 1. The molecule has 1 aromatic carbocycles. The first-order valence-electron chi connectivity index (χ1n) is 7.95. The smallest absolute Gasteiger partial charge is 0.410 e. The number of nitrogens with zero attached hydrogens (tertiary/aromatic N) is 1. The van der Waals surface area contributed by atoms with Crippen LogP contribution in [0.5, 0.6) is 0 Å². The topological polar surface area (TPSA) is 75.7 Å². The van der Waals surface area contributed by atoms with Gasteiger partial charge in [0, 0.05) is 24.4 Å². The highest BCUT2D eigenvalue weighted by molar-refractivity contribution is 7.90. The van der Waals surface area contributed by atoms with Gasteiger partial charge in [-0.1, -0.05) is 11.6 Å². The van der Waals surface area contributed by atoms with E-state index in [1.165, 1.54) is 12.1 Å². The fourth-order valence-electron chi connectivity index (χ4n) is 3.36. The van der Waals surface area contributed by atoms with Crippen LogP contribution in [0.1, 0.15) is 12.0 Å². The van der Waals surface area contributed by atoms with Crippen LogP contribution in [0.2, 0.25) is 5.02 Å². The number of ether oxygens (including phenoxy) is 1. The fourth-order valence-corrected chi connectivity index (χ4v) is 4.38. The van der Waals surface area contributed by atoms with E-state index in [0.717, 1.165) is 25.8 Å². The molecule has 0 unspecified atom stereocenters. The van der Waals surface area contributed by atoms with E-state index in [2.05, 4.69) is 5.32 Å². The van der Waals surface area contributed by atoms with Crippen LogP contribution in [0.3, 0.4) is 0 Å². The molecule has 2 atom stereocenters. The average molecular weight is 373 g/mol. The highest BCUT2D eigenvalue weighted by atomic mass is 35.5. The first kappa shape index (κ1) is 17.5. The summed E-state index contributed by atoms with van der Waals surface area (Å²) < 4.78 is 28.6. The number of rotatable bonds is 3. The zero-order valence-corrected chi connectivity index (χ0v) is 15.1. The Labute approximate surface area is 147 Å². The maximum Gasteiger partial charge on any atom is 0.410 e. The van der Waals surface area contributed by atoms with E-state index in [1.54, 1.807) is 11.0 Å². The van der Waals surface area contributed by atoms with Crippen LogP contribution in [-0.4, -0.2) is 51.8 Å². The molecule has 132 valence electrons. The third-order valence-corrected chi connectivity index (χ3v) is 5.99. The van der Waals surface area contributed by atoms with E-state index in [9.17, 15) is 13.2 Å². The van der Waals surface area contributed by atoms with Gasteiger partial charge >= 0.3 is 6.09 Å². The van der Waals surface area contributed by atoms with Gasteiger partial charge in [0.2, 0.25) is 0 Å². The van der Waals surface area contributed by atoms with Crippen LogP contribution < -0.4 is 5.32 Å². The van der Waals surface area contributed by atoms with Crippen LogP contribution in [0.25, 0.3) is 0 Å². The zero-order valence-electron chi connectivity index (χ0n) is 13.5. The highest BCUT2D eigenvalue weighted by Crippen LogP contribution is 2.27. The van der Waals surface area contributed by atoms with Gasteiger partial charge in [0.05, 0.1) is 4.90 Å².